The van der Waals surface area contributed by atoms with Crippen molar-refractivity contribution in [2.75, 3.05) is 0 Å². The van der Waals surface area contributed by atoms with Crippen LogP contribution in [0.5, 0.6) is 0 Å². The predicted octanol–water partition coefficient (Wildman–Crippen LogP) is 8.03. The van der Waals surface area contributed by atoms with E-state index >= 15 is 0 Å². The lowest BCUT2D eigenvalue weighted by atomic mass is 9.36. The lowest BCUT2D eigenvalue weighted by Crippen LogP contribution is -2.60. The summed E-state index contributed by atoms with van der Waals surface area (Å²) in [4.78, 5) is 0. The van der Waals surface area contributed by atoms with Crippen LogP contribution in [0.25, 0.3) is 0 Å². The molecule has 0 aliphatic heterocycles. The zero-order valence-corrected chi connectivity index (χ0v) is 19.0. The van der Waals surface area contributed by atoms with E-state index in [2.05, 4.69) is 47.6 Å². The fourth-order valence-corrected chi connectivity index (χ4v) is 9.88. The minimum absolute atomic E-state index is 0.460. The van der Waals surface area contributed by atoms with Crippen LogP contribution in [0.2, 0.25) is 0 Å². The van der Waals surface area contributed by atoms with Crippen molar-refractivity contribution in [3.63, 3.8) is 0 Å². The van der Waals surface area contributed by atoms with Gasteiger partial charge in [-0.1, -0.05) is 59.6 Å². The maximum atomic E-state index is 2.84. The van der Waals surface area contributed by atoms with Gasteiger partial charge in [-0.2, -0.15) is 0 Å². The van der Waals surface area contributed by atoms with E-state index in [0.29, 0.717) is 21.7 Å². The Kier molecular flexibility index (Phi) is 3.93. The Morgan fingerprint density at radius 3 is 2.41 bits per heavy atom. The van der Waals surface area contributed by atoms with Crippen LogP contribution in [0.1, 0.15) is 106 Å². The minimum Gasteiger partial charge on any atom is -0.0841 e. The summed E-state index contributed by atoms with van der Waals surface area (Å²) in [6.07, 6.45) is 17.6. The molecule has 0 unspecified atom stereocenters. The molecule has 0 spiro atoms. The van der Waals surface area contributed by atoms with Crippen molar-refractivity contribution < 1.29 is 0 Å². The molecular weight excluding hydrogens is 324 g/mol. The zero-order valence-electron chi connectivity index (χ0n) is 19.0. The minimum atomic E-state index is 0.460. The molecule has 0 saturated heterocycles. The van der Waals surface area contributed by atoms with E-state index in [1.165, 1.54) is 64.2 Å². The highest BCUT2D eigenvalue weighted by atomic mass is 14.7. The van der Waals surface area contributed by atoms with Crippen LogP contribution in [-0.4, -0.2) is 0 Å². The van der Waals surface area contributed by atoms with E-state index in [9.17, 15) is 0 Å². The van der Waals surface area contributed by atoms with Gasteiger partial charge in [0, 0.05) is 0 Å². The molecule has 0 amide bonds. The Labute approximate surface area is 169 Å². The van der Waals surface area contributed by atoms with Gasteiger partial charge >= 0.3 is 0 Å². The molecule has 0 N–H and O–H groups in total. The van der Waals surface area contributed by atoms with Crippen molar-refractivity contribution in [3.05, 3.63) is 11.6 Å². The quantitative estimate of drug-likeness (QED) is 0.380. The first-order valence-electron chi connectivity index (χ1n) is 12.4. The van der Waals surface area contributed by atoms with Crippen LogP contribution in [-0.2, 0) is 0 Å². The third-order valence-electron chi connectivity index (χ3n) is 12.1. The summed E-state index contributed by atoms with van der Waals surface area (Å²) >= 11 is 0. The molecule has 0 bridgehead atoms. The molecule has 27 heavy (non-hydrogen) atoms. The molecular formula is C27H44. The van der Waals surface area contributed by atoms with Gasteiger partial charge in [-0.3, -0.25) is 0 Å². The van der Waals surface area contributed by atoms with Gasteiger partial charge in [0.2, 0.25) is 0 Å². The van der Waals surface area contributed by atoms with Gasteiger partial charge in [-0.25, -0.2) is 0 Å². The second kappa shape index (κ2) is 5.66. The average Bonchev–Trinajstić information content (AvgIpc) is 3.01. The Hall–Kier alpha value is -0.260. The van der Waals surface area contributed by atoms with E-state index in [1.54, 1.807) is 0 Å². The fraction of sp³-hybridized carbons (Fsp3) is 0.926. The van der Waals surface area contributed by atoms with Gasteiger partial charge in [0.25, 0.3) is 0 Å². The molecule has 0 aromatic carbocycles. The Balaban J connectivity index is 1.61. The van der Waals surface area contributed by atoms with E-state index in [1.807, 2.05) is 5.57 Å². The van der Waals surface area contributed by atoms with Crippen LogP contribution < -0.4 is 0 Å². The number of allylic oxidation sites excluding steroid dienone is 2. The van der Waals surface area contributed by atoms with Crippen molar-refractivity contribution in [1.29, 1.82) is 0 Å². The average molecular weight is 369 g/mol. The summed E-state index contributed by atoms with van der Waals surface area (Å²) in [5.74, 6) is 4.58. The first-order chi connectivity index (χ1) is 12.7. The van der Waals surface area contributed by atoms with Crippen molar-refractivity contribution >= 4 is 0 Å². The standard InChI is InChI=1S/C27H44/c1-18-11-14-24(3)16-17-26(5)21(23(24)19(18)2)9-10-22-25(4)13-7-8-20(25)12-15-27(22,26)6/h9,18-20,22-23H,7-8,10-17H2,1-6H3/t18-,19+,20-,22-,23-,24+,25-,26-,27+/m1/s1. The lowest BCUT2D eigenvalue weighted by molar-refractivity contribution is -0.138. The molecule has 0 heterocycles. The van der Waals surface area contributed by atoms with Gasteiger partial charge in [-0.05, 0) is 109 Å². The maximum Gasteiger partial charge on any atom is -0.00564 e. The van der Waals surface area contributed by atoms with Crippen LogP contribution >= 0.6 is 0 Å². The third-order valence-corrected chi connectivity index (χ3v) is 12.1. The highest BCUT2D eigenvalue weighted by molar-refractivity contribution is 5.33. The second-order valence-electron chi connectivity index (χ2n) is 12.8. The highest BCUT2D eigenvalue weighted by Gasteiger charge is 2.66. The summed E-state index contributed by atoms with van der Waals surface area (Å²) in [6, 6.07) is 0. The SMILES string of the molecule is C[C@H]1[C@H](C)CC[C@@]2(C)CC[C@]3(C)C(=CC[C@@H]4[C@]5(C)CCC[C@@H]5CC[C@@]43C)[C@@H]12. The van der Waals surface area contributed by atoms with Crippen molar-refractivity contribution in [2.45, 2.75) is 106 Å². The summed E-state index contributed by atoms with van der Waals surface area (Å²) in [5, 5.41) is 0. The summed E-state index contributed by atoms with van der Waals surface area (Å²) < 4.78 is 0. The van der Waals surface area contributed by atoms with Crippen LogP contribution in [0, 0.1) is 51.2 Å². The van der Waals surface area contributed by atoms with Crippen LogP contribution in [0.4, 0.5) is 0 Å². The van der Waals surface area contributed by atoms with Crippen molar-refractivity contribution in [1.82, 2.24) is 0 Å². The largest absolute Gasteiger partial charge is 0.0841 e. The molecule has 0 heteroatoms. The fourth-order valence-electron chi connectivity index (χ4n) is 9.88. The van der Waals surface area contributed by atoms with Crippen molar-refractivity contribution in [3.8, 4) is 0 Å². The van der Waals surface area contributed by atoms with Gasteiger partial charge < -0.3 is 0 Å². The molecule has 0 aromatic heterocycles. The molecule has 4 saturated carbocycles. The Bertz CT molecular complexity index is 659. The number of hydrogen-bond acceptors (Lipinski definition) is 0. The van der Waals surface area contributed by atoms with Gasteiger partial charge in [-0.15, -0.1) is 0 Å². The lowest BCUT2D eigenvalue weighted by Gasteiger charge is -2.68. The second-order valence-corrected chi connectivity index (χ2v) is 12.8. The first-order valence-corrected chi connectivity index (χ1v) is 12.4. The third kappa shape index (κ3) is 2.17. The molecule has 5 aliphatic carbocycles. The topological polar surface area (TPSA) is 0 Å². The molecule has 5 aliphatic rings. The molecule has 0 aromatic rings. The molecule has 9 atom stereocenters. The summed E-state index contributed by atoms with van der Waals surface area (Å²) in [6.45, 7) is 16.0. The van der Waals surface area contributed by atoms with E-state index < -0.39 is 0 Å². The van der Waals surface area contributed by atoms with Crippen LogP contribution in [0.15, 0.2) is 11.6 Å². The van der Waals surface area contributed by atoms with E-state index in [4.69, 9.17) is 0 Å². The molecule has 152 valence electrons. The van der Waals surface area contributed by atoms with E-state index in [-0.39, 0.29) is 0 Å². The Morgan fingerprint density at radius 1 is 0.852 bits per heavy atom. The normalized spacial score (nSPS) is 59.9. The van der Waals surface area contributed by atoms with E-state index in [0.717, 1.165) is 29.6 Å². The number of hydrogen-bond donors (Lipinski definition) is 0. The molecule has 0 nitrogen and oxygen atoms in total. The monoisotopic (exact) mass is 368 g/mol. The Morgan fingerprint density at radius 2 is 1.63 bits per heavy atom. The predicted molar refractivity (Wildman–Crippen MR) is 115 cm³/mol. The molecule has 5 rings (SSSR count). The molecule has 0 radical (unpaired) electrons. The van der Waals surface area contributed by atoms with Crippen LogP contribution in [0.3, 0.4) is 0 Å². The number of fused-ring (bicyclic) bond motifs is 7. The first kappa shape index (κ1) is 18.7. The van der Waals surface area contributed by atoms with Gasteiger partial charge in [0.15, 0.2) is 0 Å². The summed E-state index contributed by atoms with van der Waals surface area (Å²) in [7, 11) is 0. The smallest absolute Gasteiger partial charge is 0.00564 e. The van der Waals surface area contributed by atoms with Gasteiger partial charge in [0.05, 0.1) is 0 Å². The molecule has 4 fully saturated rings. The summed E-state index contributed by atoms with van der Waals surface area (Å²) in [5.41, 5.74) is 4.14. The van der Waals surface area contributed by atoms with Gasteiger partial charge in [0.1, 0.15) is 0 Å². The van der Waals surface area contributed by atoms with Crippen molar-refractivity contribution in [2.24, 2.45) is 51.2 Å². The highest BCUT2D eigenvalue weighted by Crippen LogP contribution is 2.74. The number of rotatable bonds is 0. The zero-order chi connectivity index (χ0) is 19.2. The maximum absolute atomic E-state index is 2.84.